The molecule has 0 bridgehead atoms. The van der Waals surface area contributed by atoms with Crippen LogP contribution in [0.4, 0.5) is 11.6 Å². The smallest absolute Gasteiger partial charge is 0.147 e. The maximum Gasteiger partial charge on any atom is 0.147 e. The van der Waals surface area contributed by atoms with Crippen LogP contribution in [0, 0.1) is 0 Å². The van der Waals surface area contributed by atoms with Crippen molar-refractivity contribution in [2.75, 3.05) is 23.7 Å². The number of nitrogens with zero attached hydrogens (tertiary/aromatic N) is 4. The summed E-state index contributed by atoms with van der Waals surface area (Å²) >= 11 is 12.2. The first-order chi connectivity index (χ1) is 9.61. The van der Waals surface area contributed by atoms with E-state index in [0.717, 1.165) is 18.8 Å². The highest BCUT2D eigenvalue weighted by Crippen LogP contribution is 2.28. The van der Waals surface area contributed by atoms with E-state index in [0.29, 0.717) is 28.2 Å². The van der Waals surface area contributed by atoms with Gasteiger partial charge in [-0.15, -0.1) is 10.2 Å². The van der Waals surface area contributed by atoms with Crippen molar-refractivity contribution in [1.82, 2.24) is 19.7 Å². The Morgan fingerprint density at radius 2 is 1.90 bits per heavy atom. The Kier molecular flexibility index (Phi) is 5.03. The molecule has 0 saturated carbocycles. The standard InChI is InChI=1S/C12H16Cl2N6/c1-3-15-11-8(13)6-9(14)12(18-11)16-5-4-10-19-17-7-20(10)2/h6-7H,3-5H2,1-2H3,(H2,15,16,18). The van der Waals surface area contributed by atoms with Gasteiger partial charge in [-0.05, 0) is 13.0 Å². The number of hydrogen-bond donors (Lipinski definition) is 2. The molecule has 0 amide bonds. The Labute approximate surface area is 127 Å². The molecule has 2 rings (SSSR count). The largest absolute Gasteiger partial charge is 0.369 e. The zero-order valence-corrected chi connectivity index (χ0v) is 12.8. The molecule has 0 aromatic carbocycles. The van der Waals surface area contributed by atoms with Crippen molar-refractivity contribution in [2.45, 2.75) is 13.3 Å². The van der Waals surface area contributed by atoms with Gasteiger partial charge in [-0.1, -0.05) is 23.2 Å². The van der Waals surface area contributed by atoms with Gasteiger partial charge in [0, 0.05) is 26.6 Å². The van der Waals surface area contributed by atoms with Crippen LogP contribution in [-0.4, -0.2) is 32.8 Å². The average Bonchev–Trinajstić information content (AvgIpc) is 2.81. The Hall–Kier alpha value is -1.53. The van der Waals surface area contributed by atoms with E-state index >= 15 is 0 Å². The molecule has 6 nitrogen and oxygen atoms in total. The van der Waals surface area contributed by atoms with Gasteiger partial charge in [0.1, 0.15) is 23.8 Å². The van der Waals surface area contributed by atoms with E-state index in [9.17, 15) is 0 Å². The predicted octanol–water partition coefficient (Wildman–Crippen LogP) is 2.60. The molecule has 0 spiro atoms. The number of rotatable bonds is 6. The fourth-order valence-corrected chi connectivity index (χ4v) is 2.20. The summed E-state index contributed by atoms with van der Waals surface area (Å²) in [6.45, 7) is 3.38. The van der Waals surface area contributed by atoms with Gasteiger partial charge in [0.2, 0.25) is 0 Å². The maximum atomic E-state index is 6.12. The summed E-state index contributed by atoms with van der Waals surface area (Å²) in [6.07, 6.45) is 2.40. The van der Waals surface area contributed by atoms with Gasteiger partial charge in [0.05, 0.1) is 10.0 Å². The van der Waals surface area contributed by atoms with E-state index in [1.54, 1.807) is 12.4 Å². The zero-order chi connectivity index (χ0) is 14.5. The van der Waals surface area contributed by atoms with Crippen LogP contribution >= 0.6 is 23.2 Å². The summed E-state index contributed by atoms with van der Waals surface area (Å²) in [6, 6.07) is 1.68. The first-order valence-corrected chi connectivity index (χ1v) is 7.04. The summed E-state index contributed by atoms with van der Waals surface area (Å²) in [7, 11) is 1.91. The SMILES string of the molecule is CCNc1nc(NCCc2nncn2C)c(Cl)cc1Cl. The summed E-state index contributed by atoms with van der Waals surface area (Å²) in [5.74, 6) is 2.13. The van der Waals surface area contributed by atoms with Crippen molar-refractivity contribution in [3.63, 3.8) is 0 Å². The van der Waals surface area contributed by atoms with Crippen LogP contribution < -0.4 is 10.6 Å². The van der Waals surface area contributed by atoms with Gasteiger partial charge in [0.25, 0.3) is 0 Å². The van der Waals surface area contributed by atoms with Crippen LogP contribution in [0.2, 0.25) is 10.0 Å². The molecule has 108 valence electrons. The van der Waals surface area contributed by atoms with Gasteiger partial charge in [0.15, 0.2) is 0 Å². The molecule has 0 saturated heterocycles. The van der Waals surface area contributed by atoms with E-state index in [4.69, 9.17) is 23.2 Å². The number of pyridine rings is 1. The summed E-state index contributed by atoms with van der Waals surface area (Å²) in [5.41, 5.74) is 0. The first kappa shape index (κ1) is 14.9. The number of aryl methyl sites for hydroxylation is 1. The van der Waals surface area contributed by atoms with Crippen LogP contribution in [0.25, 0.3) is 0 Å². The molecule has 2 aromatic heterocycles. The molecule has 0 aliphatic carbocycles. The predicted molar refractivity (Wildman–Crippen MR) is 81.6 cm³/mol. The minimum Gasteiger partial charge on any atom is -0.369 e. The van der Waals surface area contributed by atoms with Crippen molar-refractivity contribution in [3.8, 4) is 0 Å². The highest BCUT2D eigenvalue weighted by Gasteiger charge is 2.09. The molecule has 0 radical (unpaired) electrons. The van der Waals surface area contributed by atoms with Crippen LogP contribution in [0.3, 0.4) is 0 Å². The number of halogens is 2. The molecule has 0 fully saturated rings. The molecular weight excluding hydrogens is 299 g/mol. The molecular formula is C12H16Cl2N6. The Morgan fingerprint density at radius 3 is 2.50 bits per heavy atom. The fraction of sp³-hybridized carbons (Fsp3) is 0.417. The van der Waals surface area contributed by atoms with Crippen LogP contribution in [-0.2, 0) is 13.5 Å². The quantitative estimate of drug-likeness (QED) is 0.857. The van der Waals surface area contributed by atoms with E-state index in [-0.39, 0.29) is 0 Å². The van der Waals surface area contributed by atoms with Crippen molar-refractivity contribution in [2.24, 2.45) is 7.05 Å². The topological polar surface area (TPSA) is 67.7 Å². The minimum absolute atomic E-state index is 0.495. The van der Waals surface area contributed by atoms with E-state index in [2.05, 4.69) is 25.8 Å². The van der Waals surface area contributed by atoms with Gasteiger partial charge in [-0.2, -0.15) is 0 Å². The summed E-state index contributed by atoms with van der Waals surface area (Å²) in [5, 5.41) is 15.1. The second kappa shape index (κ2) is 6.76. The molecule has 0 atom stereocenters. The van der Waals surface area contributed by atoms with Gasteiger partial charge in [-0.3, -0.25) is 0 Å². The van der Waals surface area contributed by atoms with Crippen molar-refractivity contribution in [1.29, 1.82) is 0 Å². The molecule has 0 aliphatic heterocycles. The van der Waals surface area contributed by atoms with E-state index in [1.807, 2.05) is 18.5 Å². The Balaban J connectivity index is 2.02. The number of anilines is 2. The highest BCUT2D eigenvalue weighted by molar-refractivity contribution is 6.37. The lowest BCUT2D eigenvalue weighted by atomic mass is 10.3. The molecule has 2 heterocycles. The maximum absolute atomic E-state index is 6.12. The monoisotopic (exact) mass is 314 g/mol. The minimum atomic E-state index is 0.495. The second-order valence-electron chi connectivity index (χ2n) is 4.21. The average molecular weight is 315 g/mol. The molecule has 20 heavy (non-hydrogen) atoms. The third kappa shape index (κ3) is 3.52. The lowest BCUT2D eigenvalue weighted by Crippen LogP contribution is -2.11. The third-order valence-corrected chi connectivity index (χ3v) is 3.30. The number of nitrogens with one attached hydrogen (secondary N) is 2. The molecule has 2 aromatic rings. The Bertz CT molecular complexity index is 583. The van der Waals surface area contributed by atoms with Crippen molar-refractivity contribution in [3.05, 3.63) is 28.3 Å². The van der Waals surface area contributed by atoms with Crippen LogP contribution in [0.1, 0.15) is 12.7 Å². The van der Waals surface area contributed by atoms with Crippen molar-refractivity contribution < 1.29 is 0 Å². The van der Waals surface area contributed by atoms with Gasteiger partial charge < -0.3 is 15.2 Å². The molecule has 0 unspecified atom stereocenters. The highest BCUT2D eigenvalue weighted by atomic mass is 35.5. The first-order valence-electron chi connectivity index (χ1n) is 6.28. The lowest BCUT2D eigenvalue weighted by Gasteiger charge is -2.11. The summed E-state index contributed by atoms with van der Waals surface area (Å²) in [4.78, 5) is 4.37. The van der Waals surface area contributed by atoms with Gasteiger partial charge in [-0.25, -0.2) is 4.98 Å². The van der Waals surface area contributed by atoms with E-state index < -0.39 is 0 Å². The van der Waals surface area contributed by atoms with E-state index in [1.165, 1.54) is 0 Å². The summed E-state index contributed by atoms with van der Waals surface area (Å²) < 4.78 is 1.88. The van der Waals surface area contributed by atoms with Crippen molar-refractivity contribution >= 4 is 34.8 Å². The van der Waals surface area contributed by atoms with Gasteiger partial charge >= 0.3 is 0 Å². The normalized spacial score (nSPS) is 10.6. The third-order valence-electron chi connectivity index (χ3n) is 2.72. The number of aromatic nitrogens is 4. The molecule has 0 aliphatic rings. The Morgan fingerprint density at radius 1 is 1.20 bits per heavy atom. The second-order valence-corrected chi connectivity index (χ2v) is 5.03. The number of hydrogen-bond acceptors (Lipinski definition) is 5. The zero-order valence-electron chi connectivity index (χ0n) is 11.3. The fourth-order valence-electron chi connectivity index (χ4n) is 1.71. The van der Waals surface area contributed by atoms with Crippen LogP contribution in [0.5, 0.6) is 0 Å². The van der Waals surface area contributed by atoms with Crippen LogP contribution in [0.15, 0.2) is 12.4 Å². The molecule has 8 heteroatoms. The molecule has 2 N–H and O–H groups in total. The lowest BCUT2D eigenvalue weighted by molar-refractivity contribution is 0.787.